The molecule has 8 heteroatoms. The molecule has 7 nitrogen and oxygen atoms in total. The topological polar surface area (TPSA) is 93.1 Å². The molecular weight excluding hydrogens is 392 g/mol. The number of carbonyl (C=O) groups excluding carboxylic acids is 2. The highest BCUT2D eigenvalue weighted by molar-refractivity contribution is 6.31. The molecule has 3 rings (SSSR count). The van der Waals surface area contributed by atoms with Crippen molar-refractivity contribution in [1.82, 2.24) is 14.9 Å². The largest absolute Gasteiger partial charge is 0.347 e. The molecule has 2 N–H and O–H groups in total. The van der Waals surface area contributed by atoms with Crippen LogP contribution in [0.15, 0.2) is 47.5 Å². The Hall–Kier alpha value is -3.19. The maximum Gasteiger partial charge on any atom is 0.261 e. The summed E-state index contributed by atoms with van der Waals surface area (Å²) >= 11 is 6.03. The number of para-hydroxylation sites is 1. The highest BCUT2D eigenvalue weighted by atomic mass is 35.5. The van der Waals surface area contributed by atoms with Crippen LogP contribution in [0.5, 0.6) is 0 Å². The van der Waals surface area contributed by atoms with Crippen molar-refractivity contribution in [3.05, 3.63) is 69.2 Å². The number of anilines is 1. The minimum atomic E-state index is -0.358. The fourth-order valence-electron chi connectivity index (χ4n) is 2.92. The first-order valence-corrected chi connectivity index (χ1v) is 9.51. The summed E-state index contributed by atoms with van der Waals surface area (Å²) in [5.41, 5.74) is 2.74. The predicted molar refractivity (Wildman–Crippen MR) is 113 cm³/mol. The van der Waals surface area contributed by atoms with Crippen LogP contribution in [0, 0.1) is 13.8 Å². The van der Waals surface area contributed by atoms with E-state index in [1.54, 1.807) is 37.3 Å². The number of carbonyl (C=O) groups is 2. The van der Waals surface area contributed by atoms with Crippen LogP contribution >= 0.6 is 11.6 Å². The van der Waals surface area contributed by atoms with Gasteiger partial charge in [-0.3, -0.25) is 19.0 Å². The number of halogens is 1. The van der Waals surface area contributed by atoms with Gasteiger partial charge in [-0.15, -0.1) is 0 Å². The van der Waals surface area contributed by atoms with E-state index in [-0.39, 0.29) is 36.9 Å². The zero-order valence-corrected chi connectivity index (χ0v) is 16.9. The van der Waals surface area contributed by atoms with Crippen LogP contribution in [-0.2, 0) is 16.1 Å². The van der Waals surface area contributed by atoms with E-state index < -0.39 is 0 Å². The molecule has 0 saturated heterocycles. The third-order valence-corrected chi connectivity index (χ3v) is 5.03. The van der Waals surface area contributed by atoms with Gasteiger partial charge in [-0.1, -0.05) is 29.8 Å². The van der Waals surface area contributed by atoms with Gasteiger partial charge in [0.05, 0.1) is 23.8 Å². The number of amides is 2. The molecule has 150 valence electrons. The van der Waals surface area contributed by atoms with Gasteiger partial charge >= 0.3 is 0 Å². The summed E-state index contributed by atoms with van der Waals surface area (Å²) in [5.74, 6) is -0.692. The van der Waals surface area contributed by atoms with Gasteiger partial charge in [0.25, 0.3) is 5.56 Å². The molecule has 0 aliphatic rings. The van der Waals surface area contributed by atoms with Crippen molar-refractivity contribution in [1.29, 1.82) is 0 Å². The second-order valence-electron chi connectivity index (χ2n) is 6.70. The number of rotatable bonds is 6. The Balaban J connectivity index is 1.54. The van der Waals surface area contributed by atoms with Crippen molar-refractivity contribution in [2.75, 3.05) is 11.9 Å². The zero-order chi connectivity index (χ0) is 21.0. The number of aromatic nitrogens is 2. The van der Waals surface area contributed by atoms with Gasteiger partial charge < -0.3 is 10.6 Å². The maximum atomic E-state index is 12.5. The lowest BCUT2D eigenvalue weighted by molar-refractivity contribution is -0.124. The lowest BCUT2D eigenvalue weighted by Gasteiger charge is -2.11. The van der Waals surface area contributed by atoms with Crippen LogP contribution in [0.3, 0.4) is 0 Å². The Morgan fingerprint density at radius 2 is 1.86 bits per heavy atom. The highest BCUT2D eigenvalue weighted by Gasteiger charge is 2.10. The standard InChI is InChI=1S/C21H21ClN4O3/c1-13-5-3-6-15-20(13)24-12-26(21(15)29)10-9-18(27)23-11-19(28)25-17-8-4-7-16(22)14(17)2/h3-8,12H,9-11H2,1-2H3,(H,23,27)(H,25,28). The molecule has 2 aromatic carbocycles. The van der Waals surface area contributed by atoms with E-state index in [9.17, 15) is 14.4 Å². The Bertz CT molecular complexity index is 1140. The molecule has 0 spiro atoms. The average molecular weight is 413 g/mol. The number of nitrogens with one attached hydrogen (secondary N) is 2. The summed E-state index contributed by atoms with van der Waals surface area (Å²) in [4.78, 5) is 41.0. The van der Waals surface area contributed by atoms with Crippen LogP contribution in [0.25, 0.3) is 10.9 Å². The fraction of sp³-hybridized carbons (Fsp3) is 0.238. The third kappa shape index (κ3) is 4.81. The van der Waals surface area contributed by atoms with E-state index in [0.717, 1.165) is 11.1 Å². The minimum Gasteiger partial charge on any atom is -0.347 e. The van der Waals surface area contributed by atoms with Crippen molar-refractivity contribution in [2.45, 2.75) is 26.8 Å². The molecule has 0 bridgehead atoms. The number of benzene rings is 2. The number of hydrogen-bond acceptors (Lipinski definition) is 4. The van der Waals surface area contributed by atoms with Crippen molar-refractivity contribution in [2.24, 2.45) is 0 Å². The van der Waals surface area contributed by atoms with E-state index in [1.807, 2.05) is 13.0 Å². The summed E-state index contributed by atoms with van der Waals surface area (Å²) in [6.45, 7) is 3.70. The molecule has 0 radical (unpaired) electrons. The van der Waals surface area contributed by atoms with Gasteiger partial charge in [0, 0.05) is 23.7 Å². The number of fused-ring (bicyclic) bond motifs is 1. The normalized spacial score (nSPS) is 10.7. The minimum absolute atomic E-state index is 0.0579. The van der Waals surface area contributed by atoms with Gasteiger partial charge in [0.1, 0.15) is 0 Å². The first kappa shape index (κ1) is 20.5. The Kier molecular flexibility index (Phi) is 6.29. The number of hydrogen-bond donors (Lipinski definition) is 2. The second kappa shape index (κ2) is 8.87. The van der Waals surface area contributed by atoms with E-state index in [0.29, 0.717) is 21.6 Å². The van der Waals surface area contributed by atoms with Crippen molar-refractivity contribution in [3.63, 3.8) is 0 Å². The third-order valence-electron chi connectivity index (χ3n) is 4.62. The van der Waals surface area contributed by atoms with E-state index >= 15 is 0 Å². The summed E-state index contributed by atoms with van der Waals surface area (Å²) in [7, 11) is 0. The van der Waals surface area contributed by atoms with E-state index in [2.05, 4.69) is 15.6 Å². The monoisotopic (exact) mass is 412 g/mol. The highest BCUT2D eigenvalue weighted by Crippen LogP contribution is 2.22. The zero-order valence-electron chi connectivity index (χ0n) is 16.2. The summed E-state index contributed by atoms with van der Waals surface area (Å²) < 4.78 is 1.40. The average Bonchev–Trinajstić information content (AvgIpc) is 2.70. The molecule has 1 heterocycles. The molecule has 2 amide bonds. The van der Waals surface area contributed by atoms with Gasteiger partial charge in [0.2, 0.25) is 11.8 Å². The first-order valence-electron chi connectivity index (χ1n) is 9.13. The van der Waals surface area contributed by atoms with Crippen LogP contribution < -0.4 is 16.2 Å². The van der Waals surface area contributed by atoms with Crippen LogP contribution in [0.4, 0.5) is 5.69 Å². The molecule has 0 aliphatic carbocycles. The first-order chi connectivity index (χ1) is 13.9. The molecule has 0 atom stereocenters. The van der Waals surface area contributed by atoms with Gasteiger partial charge in [-0.05, 0) is 43.2 Å². The van der Waals surface area contributed by atoms with Crippen LogP contribution in [-0.4, -0.2) is 27.9 Å². The Morgan fingerprint density at radius 1 is 1.10 bits per heavy atom. The molecule has 0 aliphatic heterocycles. The van der Waals surface area contributed by atoms with Crippen molar-refractivity contribution >= 4 is 40.0 Å². The molecule has 1 aromatic heterocycles. The maximum absolute atomic E-state index is 12.5. The van der Waals surface area contributed by atoms with Crippen LogP contribution in [0.2, 0.25) is 5.02 Å². The van der Waals surface area contributed by atoms with Gasteiger partial charge in [-0.2, -0.15) is 0 Å². The Labute approximate surface area is 172 Å². The van der Waals surface area contributed by atoms with E-state index in [1.165, 1.54) is 10.9 Å². The molecule has 0 saturated carbocycles. The Morgan fingerprint density at radius 3 is 2.66 bits per heavy atom. The lowest BCUT2D eigenvalue weighted by atomic mass is 10.1. The quantitative estimate of drug-likeness (QED) is 0.651. The summed E-state index contributed by atoms with van der Waals surface area (Å²) in [6.07, 6.45) is 1.50. The molecule has 0 fully saturated rings. The molecular formula is C21H21ClN4O3. The van der Waals surface area contributed by atoms with E-state index in [4.69, 9.17) is 11.6 Å². The number of aryl methyl sites for hydroxylation is 2. The summed E-state index contributed by atoms with van der Waals surface area (Å²) in [6, 6.07) is 10.6. The van der Waals surface area contributed by atoms with Crippen molar-refractivity contribution in [3.8, 4) is 0 Å². The second-order valence-corrected chi connectivity index (χ2v) is 7.11. The van der Waals surface area contributed by atoms with Gasteiger partial charge in [0.15, 0.2) is 0 Å². The van der Waals surface area contributed by atoms with Crippen molar-refractivity contribution < 1.29 is 9.59 Å². The molecule has 3 aromatic rings. The number of nitrogens with zero attached hydrogens (tertiary/aromatic N) is 2. The molecule has 0 unspecified atom stereocenters. The summed E-state index contributed by atoms with van der Waals surface area (Å²) in [5, 5.41) is 6.33. The predicted octanol–water partition coefficient (Wildman–Crippen LogP) is 2.81. The molecule has 29 heavy (non-hydrogen) atoms. The van der Waals surface area contributed by atoms with Crippen LogP contribution in [0.1, 0.15) is 17.5 Å². The van der Waals surface area contributed by atoms with Gasteiger partial charge in [-0.25, -0.2) is 4.98 Å². The smallest absolute Gasteiger partial charge is 0.261 e. The fourth-order valence-corrected chi connectivity index (χ4v) is 3.10. The lowest BCUT2D eigenvalue weighted by Crippen LogP contribution is -2.34. The SMILES string of the molecule is Cc1c(Cl)cccc1NC(=O)CNC(=O)CCn1cnc2c(C)cccc2c1=O.